The molecule has 0 aliphatic rings. The molecule has 106 valence electrons. The number of nitrogens with one attached hydrogen (secondary N) is 2. The first-order chi connectivity index (χ1) is 9.02. The Morgan fingerprint density at radius 1 is 1.42 bits per heavy atom. The lowest BCUT2D eigenvalue weighted by Crippen LogP contribution is -2.44. The van der Waals surface area contributed by atoms with Gasteiger partial charge in [0.2, 0.25) is 5.91 Å². The number of hydrogen-bond acceptors (Lipinski definition) is 4. The number of benzene rings is 1. The number of hydrogen-bond donors (Lipinski definition) is 3. The Bertz CT molecular complexity index is 397. The van der Waals surface area contributed by atoms with Crippen LogP contribution in [-0.4, -0.2) is 43.4 Å². The van der Waals surface area contributed by atoms with Gasteiger partial charge in [-0.3, -0.25) is 4.79 Å². The lowest BCUT2D eigenvalue weighted by atomic mass is 10.3. The SMILES string of the molecule is CNC(=O)C(C)NCC(O)COc1ccc(Cl)cc1. The predicted octanol–water partition coefficient (Wildman–Crippen LogP) is 0.804. The molecule has 19 heavy (non-hydrogen) atoms. The van der Waals surface area contributed by atoms with Gasteiger partial charge in [0, 0.05) is 18.6 Å². The van der Waals surface area contributed by atoms with Gasteiger partial charge in [-0.15, -0.1) is 0 Å². The van der Waals surface area contributed by atoms with E-state index in [9.17, 15) is 9.90 Å². The molecular formula is C13H19ClN2O3. The third kappa shape index (κ3) is 5.92. The molecule has 1 rings (SSSR count). The summed E-state index contributed by atoms with van der Waals surface area (Å²) in [5.74, 6) is 0.522. The van der Waals surface area contributed by atoms with Crippen molar-refractivity contribution in [2.24, 2.45) is 0 Å². The molecule has 0 heterocycles. The molecule has 2 atom stereocenters. The van der Waals surface area contributed by atoms with Crippen LogP contribution in [0.25, 0.3) is 0 Å². The summed E-state index contributed by atoms with van der Waals surface area (Å²) in [7, 11) is 1.57. The Hall–Kier alpha value is -1.30. The molecule has 1 aromatic rings. The van der Waals surface area contributed by atoms with E-state index in [1.54, 1.807) is 38.2 Å². The monoisotopic (exact) mass is 286 g/mol. The number of ether oxygens (including phenoxy) is 1. The van der Waals surface area contributed by atoms with Crippen molar-refractivity contribution in [3.05, 3.63) is 29.3 Å². The maximum atomic E-state index is 11.2. The zero-order valence-electron chi connectivity index (χ0n) is 11.0. The van der Waals surface area contributed by atoms with E-state index in [-0.39, 0.29) is 25.1 Å². The summed E-state index contributed by atoms with van der Waals surface area (Å²) >= 11 is 5.75. The normalized spacial score (nSPS) is 13.7. The van der Waals surface area contributed by atoms with Gasteiger partial charge >= 0.3 is 0 Å². The number of carbonyl (C=O) groups excluding carboxylic acids is 1. The van der Waals surface area contributed by atoms with E-state index < -0.39 is 6.10 Å². The molecule has 1 aromatic carbocycles. The Kier molecular flexibility index (Phi) is 6.62. The van der Waals surface area contributed by atoms with E-state index in [1.165, 1.54) is 0 Å². The first-order valence-electron chi connectivity index (χ1n) is 6.04. The standard InChI is InChI=1S/C13H19ClN2O3/c1-9(13(18)15-2)16-7-11(17)8-19-12-5-3-10(14)4-6-12/h3-6,9,11,16-17H,7-8H2,1-2H3,(H,15,18). The highest BCUT2D eigenvalue weighted by Crippen LogP contribution is 2.15. The topological polar surface area (TPSA) is 70.6 Å². The van der Waals surface area contributed by atoms with E-state index in [4.69, 9.17) is 16.3 Å². The van der Waals surface area contributed by atoms with Gasteiger partial charge in [0.05, 0.1) is 6.04 Å². The van der Waals surface area contributed by atoms with Crippen LogP contribution in [0.3, 0.4) is 0 Å². The van der Waals surface area contributed by atoms with Crippen molar-refractivity contribution in [1.29, 1.82) is 0 Å². The first-order valence-corrected chi connectivity index (χ1v) is 6.42. The van der Waals surface area contributed by atoms with Crippen LogP contribution in [0, 0.1) is 0 Å². The van der Waals surface area contributed by atoms with Crippen LogP contribution >= 0.6 is 11.6 Å². The minimum atomic E-state index is -0.692. The van der Waals surface area contributed by atoms with E-state index in [0.717, 1.165) is 0 Å². The van der Waals surface area contributed by atoms with Crippen LogP contribution in [0.5, 0.6) is 5.75 Å². The van der Waals surface area contributed by atoms with Gasteiger partial charge in [-0.1, -0.05) is 11.6 Å². The number of amides is 1. The molecular weight excluding hydrogens is 268 g/mol. The first kappa shape index (κ1) is 15.8. The fourth-order valence-electron chi connectivity index (χ4n) is 1.40. The molecule has 0 saturated carbocycles. The molecule has 2 unspecified atom stereocenters. The molecule has 0 aliphatic heterocycles. The fourth-order valence-corrected chi connectivity index (χ4v) is 1.53. The Morgan fingerprint density at radius 3 is 2.63 bits per heavy atom. The van der Waals surface area contributed by atoms with Gasteiger partial charge in [0.25, 0.3) is 0 Å². The van der Waals surface area contributed by atoms with Crippen molar-refractivity contribution in [3.63, 3.8) is 0 Å². The number of aliphatic hydroxyl groups is 1. The van der Waals surface area contributed by atoms with Crippen LogP contribution in [0.1, 0.15) is 6.92 Å². The molecule has 0 saturated heterocycles. The largest absolute Gasteiger partial charge is 0.491 e. The quantitative estimate of drug-likeness (QED) is 0.694. The Balaban J connectivity index is 2.26. The zero-order chi connectivity index (χ0) is 14.3. The van der Waals surface area contributed by atoms with Crippen molar-refractivity contribution in [1.82, 2.24) is 10.6 Å². The van der Waals surface area contributed by atoms with Crippen LogP contribution in [-0.2, 0) is 4.79 Å². The average Bonchev–Trinajstić information content (AvgIpc) is 2.43. The lowest BCUT2D eigenvalue weighted by Gasteiger charge is -2.16. The Labute approximate surface area is 117 Å². The molecule has 1 amide bonds. The summed E-state index contributed by atoms with van der Waals surface area (Å²) in [5.41, 5.74) is 0. The van der Waals surface area contributed by atoms with E-state index in [0.29, 0.717) is 10.8 Å². The summed E-state index contributed by atoms with van der Waals surface area (Å²) in [6.07, 6.45) is -0.692. The molecule has 6 heteroatoms. The van der Waals surface area contributed by atoms with Crippen molar-refractivity contribution in [2.75, 3.05) is 20.2 Å². The molecule has 0 spiro atoms. The van der Waals surface area contributed by atoms with E-state index in [1.807, 2.05) is 0 Å². The fraction of sp³-hybridized carbons (Fsp3) is 0.462. The van der Waals surface area contributed by atoms with Gasteiger partial charge in [-0.25, -0.2) is 0 Å². The second-order valence-corrected chi connectivity index (χ2v) is 4.60. The minimum Gasteiger partial charge on any atom is -0.491 e. The van der Waals surface area contributed by atoms with Crippen LogP contribution in [0.15, 0.2) is 24.3 Å². The predicted molar refractivity (Wildman–Crippen MR) is 74.5 cm³/mol. The van der Waals surface area contributed by atoms with E-state index >= 15 is 0 Å². The number of likely N-dealkylation sites (N-methyl/N-ethyl adjacent to an activating group) is 1. The van der Waals surface area contributed by atoms with Crippen molar-refractivity contribution in [3.8, 4) is 5.75 Å². The molecule has 5 nitrogen and oxygen atoms in total. The molecule has 0 fully saturated rings. The summed E-state index contributed by atoms with van der Waals surface area (Å²) in [4.78, 5) is 11.2. The molecule has 0 aliphatic carbocycles. The minimum absolute atomic E-state index is 0.120. The third-order valence-electron chi connectivity index (χ3n) is 2.56. The number of rotatable bonds is 7. The highest BCUT2D eigenvalue weighted by molar-refractivity contribution is 6.30. The van der Waals surface area contributed by atoms with Crippen molar-refractivity contribution >= 4 is 17.5 Å². The smallest absolute Gasteiger partial charge is 0.236 e. The summed E-state index contributed by atoms with van der Waals surface area (Å²) in [6.45, 7) is 2.16. The van der Waals surface area contributed by atoms with E-state index in [2.05, 4.69) is 10.6 Å². The van der Waals surface area contributed by atoms with Gasteiger partial charge in [0.15, 0.2) is 0 Å². The highest BCUT2D eigenvalue weighted by Gasteiger charge is 2.12. The second kappa shape index (κ2) is 7.99. The highest BCUT2D eigenvalue weighted by atomic mass is 35.5. The number of aliphatic hydroxyl groups excluding tert-OH is 1. The Morgan fingerprint density at radius 2 is 2.05 bits per heavy atom. The summed E-state index contributed by atoms with van der Waals surface area (Å²) < 4.78 is 5.39. The van der Waals surface area contributed by atoms with Gasteiger partial charge in [-0.2, -0.15) is 0 Å². The lowest BCUT2D eigenvalue weighted by molar-refractivity contribution is -0.122. The summed E-state index contributed by atoms with van der Waals surface area (Å²) in [6, 6.07) is 6.55. The average molecular weight is 287 g/mol. The molecule has 3 N–H and O–H groups in total. The summed E-state index contributed by atoms with van der Waals surface area (Å²) in [5, 5.41) is 15.8. The molecule has 0 aromatic heterocycles. The van der Waals surface area contributed by atoms with Crippen LogP contribution in [0.4, 0.5) is 0 Å². The maximum Gasteiger partial charge on any atom is 0.236 e. The number of halogens is 1. The van der Waals surface area contributed by atoms with Crippen LogP contribution in [0.2, 0.25) is 5.02 Å². The van der Waals surface area contributed by atoms with Gasteiger partial charge in [-0.05, 0) is 31.2 Å². The molecule has 0 radical (unpaired) electrons. The third-order valence-corrected chi connectivity index (χ3v) is 2.81. The number of carbonyl (C=O) groups is 1. The van der Waals surface area contributed by atoms with Gasteiger partial charge < -0.3 is 20.5 Å². The maximum absolute atomic E-state index is 11.2. The zero-order valence-corrected chi connectivity index (χ0v) is 11.8. The van der Waals surface area contributed by atoms with Crippen molar-refractivity contribution < 1.29 is 14.6 Å². The molecule has 0 bridgehead atoms. The van der Waals surface area contributed by atoms with Crippen molar-refractivity contribution in [2.45, 2.75) is 19.1 Å². The van der Waals surface area contributed by atoms with Gasteiger partial charge in [0.1, 0.15) is 18.5 Å². The van der Waals surface area contributed by atoms with Crippen LogP contribution < -0.4 is 15.4 Å². The second-order valence-electron chi connectivity index (χ2n) is 4.16.